The third-order valence-corrected chi connectivity index (χ3v) is 4.09. The van der Waals surface area contributed by atoms with Crippen LogP contribution in [0.2, 0.25) is 0 Å². The van der Waals surface area contributed by atoms with Crippen molar-refractivity contribution in [1.82, 2.24) is 0 Å². The van der Waals surface area contributed by atoms with E-state index in [4.69, 9.17) is 0 Å². The first-order valence-corrected chi connectivity index (χ1v) is 7.35. The summed E-state index contributed by atoms with van der Waals surface area (Å²) < 4.78 is 25.7. The lowest BCUT2D eigenvalue weighted by atomic mass is 9.93. The SMILES string of the molecule is CC(F)(F)Sc1ccc(N[C@H]2CC[C@H](O)CC2)cc1. The fourth-order valence-corrected chi connectivity index (χ4v) is 2.97. The van der Waals surface area contributed by atoms with E-state index in [9.17, 15) is 13.9 Å². The predicted molar refractivity (Wildman–Crippen MR) is 74.8 cm³/mol. The number of hydrogen-bond donors (Lipinski definition) is 2. The molecule has 0 radical (unpaired) electrons. The fraction of sp³-hybridized carbons (Fsp3) is 0.571. The molecule has 106 valence electrons. The Kier molecular flexibility index (Phi) is 4.68. The molecule has 0 atom stereocenters. The number of hydrogen-bond acceptors (Lipinski definition) is 3. The summed E-state index contributed by atoms with van der Waals surface area (Å²) in [4.78, 5) is 0.567. The summed E-state index contributed by atoms with van der Waals surface area (Å²) in [6, 6.07) is 7.46. The van der Waals surface area contributed by atoms with Crippen molar-refractivity contribution < 1.29 is 13.9 Å². The normalized spacial score (nSPS) is 24.2. The molecule has 0 saturated heterocycles. The second kappa shape index (κ2) is 6.09. The zero-order valence-electron chi connectivity index (χ0n) is 10.9. The van der Waals surface area contributed by atoms with Gasteiger partial charge in [-0.1, -0.05) is 11.8 Å². The smallest absolute Gasteiger partial charge is 0.295 e. The van der Waals surface area contributed by atoms with Crippen LogP contribution in [0.25, 0.3) is 0 Å². The van der Waals surface area contributed by atoms with Gasteiger partial charge in [0.2, 0.25) is 0 Å². The van der Waals surface area contributed by atoms with Gasteiger partial charge < -0.3 is 10.4 Å². The van der Waals surface area contributed by atoms with Gasteiger partial charge in [-0.15, -0.1) is 0 Å². The van der Waals surface area contributed by atoms with Crippen molar-refractivity contribution in [3.63, 3.8) is 0 Å². The quantitative estimate of drug-likeness (QED) is 0.818. The van der Waals surface area contributed by atoms with Crippen molar-refractivity contribution in [2.24, 2.45) is 0 Å². The molecule has 0 aliphatic heterocycles. The van der Waals surface area contributed by atoms with E-state index in [1.165, 1.54) is 0 Å². The van der Waals surface area contributed by atoms with E-state index in [-0.39, 0.29) is 6.10 Å². The van der Waals surface area contributed by atoms with Gasteiger partial charge in [0.15, 0.2) is 0 Å². The average molecular weight is 287 g/mol. The zero-order chi connectivity index (χ0) is 13.9. The molecule has 0 bridgehead atoms. The van der Waals surface area contributed by atoms with E-state index in [1.807, 2.05) is 12.1 Å². The topological polar surface area (TPSA) is 32.3 Å². The largest absolute Gasteiger partial charge is 0.393 e. The summed E-state index contributed by atoms with van der Waals surface area (Å²) in [6.45, 7) is 0.900. The van der Waals surface area contributed by atoms with Gasteiger partial charge >= 0.3 is 0 Å². The number of halogens is 2. The van der Waals surface area contributed by atoms with E-state index in [0.717, 1.165) is 38.3 Å². The van der Waals surface area contributed by atoms with Gasteiger partial charge in [0.25, 0.3) is 5.25 Å². The van der Waals surface area contributed by atoms with E-state index in [0.29, 0.717) is 22.7 Å². The second-order valence-corrected chi connectivity index (χ2v) is 6.48. The summed E-state index contributed by atoms with van der Waals surface area (Å²) in [6.07, 6.45) is 3.39. The van der Waals surface area contributed by atoms with Crippen LogP contribution >= 0.6 is 11.8 Å². The maximum absolute atomic E-state index is 12.8. The van der Waals surface area contributed by atoms with Crippen molar-refractivity contribution in [2.75, 3.05) is 5.32 Å². The van der Waals surface area contributed by atoms with Gasteiger partial charge in [-0.2, -0.15) is 8.78 Å². The van der Waals surface area contributed by atoms with Gasteiger partial charge in [0.1, 0.15) is 0 Å². The summed E-state index contributed by atoms with van der Waals surface area (Å²) in [5.41, 5.74) is 0.949. The van der Waals surface area contributed by atoms with Gasteiger partial charge in [0.05, 0.1) is 6.10 Å². The highest BCUT2D eigenvalue weighted by molar-refractivity contribution is 8.00. The minimum Gasteiger partial charge on any atom is -0.393 e. The highest BCUT2D eigenvalue weighted by atomic mass is 32.2. The molecule has 1 aromatic rings. The number of anilines is 1. The molecule has 0 amide bonds. The molecule has 1 fully saturated rings. The number of nitrogens with one attached hydrogen (secondary N) is 1. The van der Waals surface area contributed by atoms with Gasteiger partial charge in [0, 0.05) is 23.5 Å². The first-order valence-electron chi connectivity index (χ1n) is 6.54. The summed E-state index contributed by atoms with van der Waals surface area (Å²) in [7, 11) is 0. The van der Waals surface area contributed by atoms with E-state index in [2.05, 4.69) is 5.32 Å². The Morgan fingerprint density at radius 1 is 1.16 bits per heavy atom. The Labute approximate surface area is 116 Å². The molecule has 1 saturated carbocycles. The van der Waals surface area contributed by atoms with Crippen LogP contribution in [-0.2, 0) is 0 Å². The predicted octanol–water partition coefficient (Wildman–Crippen LogP) is 4.11. The lowest BCUT2D eigenvalue weighted by Gasteiger charge is -2.27. The zero-order valence-corrected chi connectivity index (χ0v) is 11.7. The van der Waals surface area contributed by atoms with Crippen LogP contribution in [0.4, 0.5) is 14.5 Å². The van der Waals surface area contributed by atoms with E-state index in [1.54, 1.807) is 12.1 Å². The highest BCUT2D eigenvalue weighted by Crippen LogP contribution is 2.35. The molecule has 2 rings (SSSR count). The molecule has 19 heavy (non-hydrogen) atoms. The lowest BCUT2D eigenvalue weighted by molar-refractivity contribution is 0.126. The number of benzene rings is 1. The maximum Gasteiger partial charge on any atom is 0.295 e. The number of rotatable bonds is 4. The van der Waals surface area contributed by atoms with Crippen molar-refractivity contribution in [3.05, 3.63) is 24.3 Å². The van der Waals surface area contributed by atoms with Crippen molar-refractivity contribution >= 4 is 17.4 Å². The third-order valence-electron chi connectivity index (χ3n) is 3.22. The summed E-state index contributed by atoms with van der Waals surface area (Å²) in [5, 5.41) is 10.1. The molecule has 1 aliphatic carbocycles. The Morgan fingerprint density at radius 3 is 2.26 bits per heavy atom. The van der Waals surface area contributed by atoms with Crippen LogP contribution < -0.4 is 5.32 Å². The standard InChI is InChI=1S/C14H19F2NOS/c1-14(15,16)19-13-8-4-11(5-9-13)17-10-2-6-12(18)7-3-10/h4-5,8-10,12,17-18H,2-3,6-7H2,1H3/t10-,12-. The second-order valence-electron chi connectivity index (χ2n) is 5.08. The van der Waals surface area contributed by atoms with Crippen LogP contribution in [0.15, 0.2) is 29.2 Å². The summed E-state index contributed by atoms with van der Waals surface area (Å²) in [5.74, 6) is 0. The molecule has 5 heteroatoms. The van der Waals surface area contributed by atoms with Crippen LogP contribution in [0, 0.1) is 0 Å². The minimum atomic E-state index is -2.74. The van der Waals surface area contributed by atoms with Crippen LogP contribution in [0.5, 0.6) is 0 Å². The maximum atomic E-state index is 12.8. The van der Waals surface area contributed by atoms with E-state index >= 15 is 0 Å². The monoisotopic (exact) mass is 287 g/mol. The number of alkyl halides is 2. The molecule has 0 spiro atoms. The number of aliphatic hydroxyl groups is 1. The van der Waals surface area contributed by atoms with Gasteiger partial charge in [-0.05, 0) is 49.9 Å². The molecule has 2 N–H and O–H groups in total. The first-order chi connectivity index (χ1) is 8.92. The summed E-state index contributed by atoms with van der Waals surface area (Å²) >= 11 is 0.562. The van der Waals surface area contributed by atoms with Crippen LogP contribution in [-0.4, -0.2) is 22.5 Å². The molecular formula is C14H19F2NOS. The van der Waals surface area contributed by atoms with Crippen molar-refractivity contribution in [1.29, 1.82) is 0 Å². The van der Waals surface area contributed by atoms with Crippen LogP contribution in [0.3, 0.4) is 0 Å². The number of aliphatic hydroxyl groups excluding tert-OH is 1. The van der Waals surface area contributed by atoms with Crippen molar-refractivity contribution in [2.45, 2.75) is 54.9 Å². The Bertz CT molecular complexity index is 397. The molecule has 0 unspecified atom stereocenters. The minimum absolute atomic E-state index is 0.163. The molecule has 0 heterocycles. The Morgan fingerprint density at radius 2 is 1.74 bits per heavy atom. The lowest BCUT2D eigenvalue weighted by Crippen LogP contribution is -2.28. The van der Waals surface area contributed by atoms with Crippen LogP contribution in [0.1, 0.15) is 32.6 Å². The Hall–Kier alpha value is -0.810. The van der Waals surface area contributed by atoms with E-state index < -0.39 is 5.25 Å². The molecule has 1 aromatic carbocycles. The highest BCUT2D eigenvalue weighted by Gasteiger charge is 2.22. The fourth-order valence-electron chi connectivity index (χ4n) is 2.28. The number of thioether (sulfide) groups is 1. The first kappa shape index (κ1) is 14.6. The van der Waals surface area contributed by atoms with Gasteiger partial charge in [-0.3, -0.25) is 0 Å². The average Bonchev–Trinajstić information content (AvgIpc) is 2.33. The third kappa shape index (κ3) is 4.99. The molecular weight excluding hydrogens is 268 g/mol. The Balaban J connectivity index is 1.88. The molecule has 1 aliphatic rings. The molecule has 0 aromatic heterocycles. The van der Waals surface area contributed by atoms with Gasteiger partial charge in [-0.25, -0.2) is 0 Å². The van der Waals surface area contributed by atoms with Crippen molar-refractivity contribution in [3.8, 4) is 0 Å². The molecule has 2 nitrogen and oxygen atoms in total.